The van der Waals surface area contributed by atoms with Gasteiger partial charge < -0.3 is 15.5 Å². The molecule has 4 nitrogen and oxygen atoms in total. The molecule has 0 fully saturated rings. The van der Waals surface area contributed by atoms with Crippen molar-refractivity contribution in [3.05, 3.63) is 35.5 Å². The van der Waals surface area contributed by atoms with Crippen LogP contribution in [0.4, 0.5) is 5.69 Å². The van der Waals surface area contributed by atoms with E-state index in [2.05, 4.69) is 40.8 Å². The highest BCUT2D eigenvalue weighted by atomic mass is 35.5. The van der Waals surface area contributed by atoms with Crippen LogP contribution in [0.2, 0.25) is 5.02 Å². The van der Waals surface area contributed by atoms with Gasteiger partial charge in [-0.1, -0.05) is 25.4 Å². The molecule has 24 heavy (non-hydrogen) atoms. The molecule has 0 amide bonds. The summed E-state index contributed by atoms with van der Waals surface area (Å²) in [6, 6.07) is 8.04. The molecule has 0 saturated carbocycles. The lowest BCUT2D eigenvalue weighted by atomic mass is 10.1. The lowest BCUT2D eigenvalue weighted by molar-refractivity contribution is 0.300. The molecule has 0 radical (unpaired) electrons. The molecule has 5 heteroatoms. The molecule has 0 aliphatic carbocycles. The largest absolute Gasteiger partial charge is 0.371 e. The summed E-state index contributed by atoms with van der Waals surface area (Å²) in [5.74, 6) is 0. The zero-order valence-electron chi connectivity index (χ0n) is 14.8. The minimum absolute atomic E-state index is 0.710. The van der Waals surface area contributed by atoms with Crippen LogP contribution in [0.1, 0.15) is 26.7 Å². The minimum atomic E-state index is 0.710. The summed E-state index contributed by atoms with van der Waals surface area (Å²) < 4.78 is 0. The molecule has 0 bridgehead atoms. The first-order valence-corrected chi connectivity index (χ1v) is 9.29. The van der Waals surface area contributed by atoms with E-state index in [1.54, 1.807) is 0 Å². The van der Waals surface area contributed by atoms with Crippen molar-refractivity contribution in [3.8, 4) is 0 Å². The predicted octanol–water partition coefficient (Wildman–Crippen LogP) is 3.78. The number of benzene rings is 1. The van der Waals surface area contributed by atoms with E-state index in [0.29, 0.717) is 6.54 Å². The molecule has 0 atom stereocenters. The summed E-state index contributed by atoms with van der Waals surface area (Å²) in [4.78, 5) is 9.36. The zero-order valence-corrected chi connectivity index (χ0v) is 15.6. The van der Waals surface area contributed by atoms with Crippen LogP contribution in [0.5, 0.6) is 0 Å². The average molecular weight is 349 g/mol. The number of aromatic nitrogens is 1. The summed E-state index contributed by atoms with van der Waals surface area (Å²) in [6.07, 6.45) is 4.00. The van der Waals surface area contributed by atoms with Crippen molar-refractivity contribution in [1.82, 2.24) is 9.88 Å². The molecule has 2 rings (SSSR count). The van der Waals surface area contributed by atoms with E-state index in [4.69, 9.17) is 17.3 Å². The quantitative estimate of drug-likeness (QED) is 0.709. The van der Waals surface area contributed by atoms with Gasteiger partial charge in [0, 0.05) is 35.4 Å². The third-order valence-electron chi connectivity index (χ3n) is 4.45. The topological polar surface area (TPSA) is 45.4 Å². The Labute approximate surface area is 150 Å². The molecule has 0 aliphatic rings. The van der Waals surface area contributed by atoms with Crippen LogP contribution in [-0.2, 0) is 0 Å². The van der Waals surface area contributed by atoms with Crippen molar-refractivity contribution < 1.29 is 0 Å². The van der Waals surface area contributed by atoms with Gasteiger partial charge >= 0.3 is 0 Å². The third kappa shape index (κ3) is 5.07. The Kier molecular flexibility index (Phi) is 7.76. The van der Waals surface area contributed by atoms with Gasteiger partial charge in [-0.05, 0) is 63.3 Å². The van der Waals surface area contributed by atoms with Gasteiger partial charge in [-0.25, -0.2) is 0 Å². The second kappa shape index (κ2) is 9.82. The van der Waals surface area contributed by atoms with Crippen LogP contribution in [0.15, 0.2) is 30.5 Å². The monoisotopic (exact) mass is 348 g/mol. The Bertz CT molecular complexity index is 628. The van der Waals surface area contributed by atoms with Crippen LogP contribution in [-0.4, -0.2) is 49.2 Å². The van der Waals surface area contributed by atoms with Crippen LogP contribution < -0.4 is 10.6 Å². The van der Waals surface area contributed by atoms with E-state index < -0.39 is 0 Å². The number of hydrogen-bond acceptors (Lipinski definition) is 4. The van der Waals surface area contributed by atoms with E-state index in [9.17, 15) is 0 Å². The molecule has 0 aliphatic heterocycles. The highest BCUT2D eigenvalue weighted by Gasteiger charge is 2.11. The number of nitrogens with two attached hydrogens (primary N) is 1. The number of halogens is 1. The van der Waals surface area contributed by atoms with Crippen LogP contribution >= 0.6 is 11.6 Å². The Morgan fingerprint density at radius 1 is 1.04 bits per heavy atom. The number of pyridine rings is 1. The van der Waals surface area contributed by atoms with Gasteiger partial charge in [-0.15, -0.1) is 0 Å². The Balaban J connectivity index is 2.18. The molecule has 132 valence electrons. The van der Waals surface area contributed by atoms with E-state index in [-0.39, 0.29) is 0 Å². The first-order valence-electron chi connectivity index (χ1n) is 8.91. The second-order valence-corrected chi connectivity index (χ2v) is 6.44. The number of rotatable bonds is 10. The van der Waals surface area contributed by atoms with E-state index >= 15 is 0 Å². The fourth-order valence-corrected chi connectivity index (χ4v) is 3.21. The number of nitrogens with zero attached hydrogens (tertiary/aromatic N) is 3. The summed E-state index contributed by atoms with van der Waals surface area (Å²) in [7, 11) is 0. The molecule has 1 heterocycles. The van der Waals surface area contributed by atoms with Gasteiger partial charge in [0.15, 0.2) is 0 Å². The van der Waals surface area contributed by atoms with Crippen molar-refractivity contribution in [2.45, 2.75) is 26.7 Å². The van der Waals surface area contributed by atoms with Crippen LogP contribution in [0.25, 0.3) is 10.9 Å². The van der Waals surface area contributed by atoms with E-state index in [1.807, 2.05) is 18.3 Å². The molecule has 1 aromatic heterocycles. The Morgan fingerprint density at radius 2 is 1.79 bits per heavy atom. The highest BCUT2D eigenvalue weighted by molar-refractivity contribution is 6.31. The van der Waals surface area contributed by atoms with E-state index in [0.717, 1.165) is 61.5 Å². The number of hydrogen-bond donors (Lipinski definition) is 1. The predicted molar refractivity (Wildman–Crippen MR) is 105 cm³/mol. The van der Waals surface area contributed by atoms with Crippen molar-refractivity contribution in [2.75, 3.05) is 44.2 Å². The highest BCUT2D eigenvalue weighted by Crippen LogP contribution is 2.27. The Hall–Kier alpha value is -1.36. The first kappa shape index (κ1) is 19.0. The lowest BCUT2D eigenvalue weighted by Crippen LogP contribution is -2.31. The summed E-state index contributed by atoms with van der Waals surface area (Å²) in [5.41, 5.74) is 7.92. The van der Waals surface area contributed by atoms with Crippen molar-refractivity contribution in [2.24, 2.45) is 5.73 Å². The van der Waals surface area contributed by atoms with Crippen LogP contribution in [0.3, 0.4) is 0 Å². The second-order valence-electron chi connectivity index (χ2n) is 6.00. The van der Waals surface area contributed by atoms with Crippen molar-refractivity contribution >= 4 is 28.2 Å². The van der Waals surface area contributed by atoms with Crippen LogP contribution in [0, 0.1) is 0 Å². The van der Waals surface area contributed by atoms with Gasteiger partial charge in [0.2, 0.25) is 0 Å². The molecular formula is C19H29ClN4. The maximum absolute atomic E-state index is 6.11. The van der Waals surface area contributed by atoms with Gasteiger partial charge in [0.05, 0.1) is 5.52 Å². The molecule has 2 N–H and O–H groups in total. The van der Waals surface area contributed by atoms with Gasteiger partial charge in [-0.2, -0.15) is 0 Å². The average Bonchev–Trinajstić information content (AvgIpc) is 2.60. The smallest absolute Gasteiger partial charge is 0.0737 e. The standard InChI is InChI=1S/C19H29ClN4/c1-3-23(4-2)12-6-14-24(13-5-10-21)19-9-11-22-18-15-16(20)7-8-17(18)19/h7-9,11,15H,3-6,10,12-14,21H2,1-2H3. The molecule has 2 aromatic rings. The fourth-order valence-electron chi connectivity index (χ4n) is 3.04. The molecule has 0 saturated heterocycles. The zero-order chi connectivity index (χ0) is 17.4. The van der Waals surface area contributed by atoms with E-state index in [1.165, 1.54) is 5.69 Å². The normalized spacial score (nSPS) is 11.4. The summed E-state index contributed by atoms with van der Waals surface area (Å²) in [6.45, 7) is 10.5. The molecule has 0 unspecified atom stereocenters. The number of anilines is 1. The fraction of sp³-hybridized carbons (Fsp3) is 0.526. The van der Waals surface area contributed by atoms with Gasteiger partial charge in [-0.3, -0.25) is 4.98 Å². The maximum atomic E-state index is 6.11. The lowest BCUT2D eigenvalue weighted by Gasteiger charge is -2.27. The SMILES string of the molecule is CCN(CC)CCCN(CCCN)c1ccnc2cc(Cl)ccc12. The molecule has 0 spiro atoms. The van der Waals surface area contributed by atoms with Gasteiger partial charge in [0.25, 0.3) is 0 Å². The maximum Gasteiger partial charge on any atom is 0.0737 e. The van der Waals surface area contributed by atoms with Crippen molar-refractivity contribution in [3.63, 3.8) is 0 Å². The third-order valence-corrected chi connectivity index (χ3v) is 4.69. The Morgan fingerprint density at radius 3 is 2.50 bits per heavy atom. The molecule has 1 aromatic carbocycles. The first-order chi connectivity index (χ1) is 11.7. The van der Waals surface area contributed by atoms with Crippen molar-refractivity contribution in [1.29, 1.82) is 0 Å². The summed E-state index contributed by atoms with van der Waals surface area (Å²) >= 11 is 6.11. The molecular weight excluding hydrogens is 320 g/mol. The number of fused-ring (bicyclic) bond motifs is 1. The van der Waals surface area contributed by atoms with Gasteiger partial charge in [0.1, 0.15) is 0 Å². The summed E-state index contributed by atoms with van der Waals surface area (Å²) in [5, 5.41) is 1.88. The minimum Gasteiger partial charge on any atom is -0.371 e.